The number of rotatable bonds is 4. The molecule has 0 atom stereocenters. The van der Waals surface area contributed by atoms with Crippen LogP contribution in [0.15, 0.2) is 18.2 Å². The summed E-state index contributed by atoms with van der Waals surface area (Å²) in [6.45, 7) is 2.49. The Labute approximate surface area is 135 Å². The molecule has 2 N–H and O–H groups in total. The second-order valence-electron chi connectivity index (χ2n) is 5.44. The number of pyridine rings is 1. The summed E-state index contributed by atoms with van der Waals surface area (Å²) >= 11 is 0. The molecule has 0 aliphatic heterocycles. The summed E-state index contributed by atoms with van der Waals surface area (Å²) in [5.74, 6) is 1.64. The number of benzene rings is 1. The highest BCUT2D eigenvalue weighted by molar-refractivity contribution is 5.80. The first-order valence-electron chi connectivity index (χ1n) is 7.72. The Balaban J connectivity index is 2.21. The number of anilines is 1. The van der Waals surface area contributed by atoms with Gasteiger partial charge in [0.2, 0.25) is 0 Å². The quantitative estimate of drug-likeness (QED) is 0.938. The molecule has 5 heteroatoms. The van der Waals surface area contributed by atoms with Crippen LogP contribution >= 0.6 is 0 Å². The second-order valence-corrected chi connectivity index (χ2v) is 5.44. The first-order valence-corrected chi connectivity index (χ1v) is 7.72. The number of ether oxygens (including phenoxy) is 2. The molecule has 0 saturated carbocycles. The number of hydrogen-bond donors (Lipinski definition) is 1. The number of hydrogen-bond acceptors (Lipinski definition) is 5. The average Bonchev–Trinajstić information content (AvgIpc) is 3.02. The number of nitriles is 1. The van der Waals surface area contributed by atoms with Crippen LogP contribution in [0.1, 0.15) is 30.2 Å². The summed E-state index contributed by atoms with van der Waals surface area (Å²) < 4.78 is 11.0. The van der Waals surface area contributed by atoms with E-state index in [1.807, 2.05) is 25.1 Å². The zero-order chi connectivity index (χ0) is 16.4. The molecule has 0 radical (unpaired) electrons. The van der Waals surface area contributed by atoms with Gasteiger partial charge in [0, 0.05) is 11.3 Å². The number of nitrogens with zero attached hydrogens (tertiary/aromatic N) is 2. The fraction of sp³-hybridized carbons (Fsp3) is 0.333. The Hall–Kier alpha value is -2.74. The summed E-state index contributed by atoms with van der Waals surface area (Å²) in [6.07, 6.45) is 2.87. The average molecular weight is 309 g/mol. The SMILES string of the molecule is CCOc1ccc(-c2c(C#N)c(N)nc3c2CCC3)cc1OC. The highest BCUT2D eigenvalue weighted by Gasteiger charge is 2.23. The van der Waals surface area contributed by atoms with Crippen LogP contribution in [0.4, 0.5) is 5.82 Å². The van der Waals surface area contributed by atoms with E-state index in [1.165, 1.54) is 0 Å². The molecule has 1 aliphatic carbocycles. The van der Waals surface area contributed by atoms with Crippen LogP contribution in [0.25, 0.3) is 11.1 Å². The summed E-state index contributed by atoms with van der Waals surface area (Å²) in [7, 11) is 1.61. The molecule has 0 saturated heterocycles. The lowest BCUT2D eigenvalue weighted by Gasteiger charge is -2.15. The third-order valence-corrected chi connectivity index (χ3v) is 4.12. The van der Waals surface area contributed by atoms with Gasteiger partial charge in [0.25, 0.3) is 0 Å². The normalized spacial score (nSPS) is 12.6. The summed E-state index contributed by atoms with van der Waals surface area (Å²) in [4.78, 5) is 4.40. The van der Waals surface area contributed by atoms with E-state index in [-0.39, 0.29) is 0 Å². The molecule has 0 fully saturated rings. The minimum absolute atomic E-state index is 0.302. The van der Waals surface area contributed by atoms with Gasteiger partial charge in [-0.05, 0) is 49.4 Å². The molecule has 3 rings (SSSR count). The monoisotopic (exact) mass is 309 g/mol. The number of aryl methyl sites for hydroxylation is 1. The van der Waals surface area contributed by atoms with Gasteiger partial charge >= 0.3 is 0 Å². The summed E-state index contributed by atoms with van der Waals surface area (Å²) in [6, 6.07) is 7.93. The van der Waals surface area contributed by atoms with Gasteiger partial charge < -0.3 is 15.2 Å². The van der Waals surface area contributed by atoms with Gasteiger partial charge in [-0.3, -0.25) is 0 Å². The van der Waals surface area contributed by atoms with E-state index >= 15 is 0 Å². The maximum Gasteiger partial charge on any atom is 0.161 e. The topological polar surface area (TPSA) is 81.2 Å². The van der Waals surface area contributed by atoms with Crippen molar-refractivity contribution in [3.05, 3.63) is 35.0 Å². The second kappa shape index (κ2) is 6.17. The molecule has 1 heterocycles. The van der Waals surface area contributed by atoms with Crippen molar-refractivity contribution in [2.45, 2.75) is 26.2 Å². The predicted molar refractivity (Wildman–Crippen MR) is 88.5 cm³/mol. The lowest BCUT2D eigenvalue weighted by molar-refractivity contribution is 0.311. The number of methoxy groups -OCH3 is 1. The lowest BCUT2D eigenvalue weighted by Crippen LogP contribution is -2.04. The zero-order valence-electron chi connectivity index (χ0n) is 13.3. The van der Waals surface area contributed by atoms with E-state index in [4.69, 9.17) is 15.2 Å². The summed E-state index contributed by atoms with van der Waals surface area (Å²) in [5, 5.41) is 9.53. The van der Waals surface area contributed by atoms with Gasteiger partial charge in [0.1, 0.15) is 17.5 Å². The zero-order valence-corrected chi connectivity index (χ0v) is 13.3. The molecule has 118 valence electrons. The molecular weight excluding hydrogens is 290 g/mol. The Morgan fingerprint density at radius 1 is 1.30 bits per heavy atom. The highest BCUT2D eigenvalue weighted by Crippen LogP contribution is 2.39. The van der Waals surface area contributed by atoms with Gasteiger partial charge in [0.05, 0.1) is 13.7 Å². The largest absolute Gasteiger partial charge is 0.493 e. The van der Waals surface area contributed by atoms with E-state index in [9.17, 15) is 5.26 Å². The molecule has 0 amide bonds. The van der Waals surface area contributed by atoms with Gasteiger partial charge in [-0.1, -0.05) is 6.07 Å². The van der Waals surface area contributed by atoms with E-state index < -0.39 is 0 Å². The van der Waals surface area contributed by atoms with Crippen LogP contribution < -0.4 is 15.2 Å². The standard InChI is InChI=1S/C18H19N3O2/c1-3-23-15-8-7-11(9-16(15)22-2)17-12-5-4-6-14(12)21-18(20)13(17)10-19/h7-9H,3-6H2,1-2H3,(H2,20,21). The molecule has 0 unspecified atom stereocenters. The van der Waals surface area contributed by atoms with Crippen LogP contribution in [0.5, 0.6) is 11.5 Å². The van der Waals surface area contributed by atoms with Crippen molar-refractivity contribution < 1.29 is 9.47 Å². The molecule has 0 spiro atoms. The van der Waals surface area contributed by atoms with Crippen molar-refractivity contribution in [1.82, 2.24) is 4.98 Å². The Kier molecular flexibility index (Phi) is 4.07. The molecule has 23 heavy (non-hydrogen) atoms. The highest BCUT2D eigenvalue weighted by atomic mass is 16.5. The Bertz CT molecular complexity index is 793. The Morgan fingerprint density at radius 2 is 2.13 bits per heavy atom. The van der Waals surface area contributed by atoms with Crippen LogP contribution in [-0.4, -0.2) is 18.7 Å². The lowest BCUT2D eigenvalue weighted by atomic mass is 9.94. The van der Waals surface area contributed by atoms with Crippen molar-refractivity contribution in [2.24, 2.45) is 0 Å². The van der Waals surface area contributed by atoms with Gasteiger partial charge in [-0.25, -0.2) is 4.98 Å². The maximum atomic E-state index is 9.53. The fourth-order valence-electron chi connectivity index (χ4n) is 3.13. The van der Waals surface area contributed by atoms with Crippen molar-refractivity contribution >= 4 is 5.82 Å². The molecule has 2 aromatic rings. The molecule has 0 bridgehead atoms. The van der Waals surface area contributed by atoms with Crippen molar-refractivity contribution in [2.75, 3.05) is 19.5 Å². The van der Waals surface area contributed by atoms with Gasteiger partial charge in [-0.15, -0.1) is 0 Å². The molecule has 1 aliphatic rings. The van der Waals surface area contributed by atoms with E-state index in [2.05, 4.69) is 11.1 Å². The van der Waals surface area contributed by atoms with Crippen molar-refractivity contribution in [3.63, 3.8) is 0 Å². The smallest absolute Gasteiger partial charge is 0.161 e. The van der Waals surface area contributed by atoms with Crippen molar-refractivity contribution in [3.8, 4) is 28.7 Å². The Morgan fingerprint density at radius 3 is 2.83 bits per heavy atom. The van der Waals surface area contributed by atoms with Crippen molar-refractivity contribution in [1.29, 1.82) is 5.26 Å². The van der Waals surface area contributed by atoms with Crippen LogP contribution in [0.2, 0.25) is 0 Å². The first-order chi connectivity index (χ1) is 11.2. The summed E-state index contributed by atoms with van der Waals surface area (Å²) in [5.41, 5.74) is 10.4. The minimum atomic E-state index is 0.302. The van der Waals surface area contributed by atoms with Crippen LogP contribution in [0.3, 0.4) is 0 Å². The molecule has 1 aromatic carbocycles. The number of fused-ring (bicyclic) bond motifs is 1. The fourth-order valence-corrected chi connectivity index (χ4v) is 3.13. The maximum absolute atomic E-state index is 9.53. The number of nitrogens with two attached hydrogens (primary N) is 1. The van der Waals surface area contributed by atoms with Crippen LogP contribution in [0, 0.1) is 11.3 Å². The minimum Gasteiger partial charge on any atom is -0.493 e. The van der Waals surface area contributed by atoms with E-state index in [0.29, 0.717) is 29.5 Å². The van der Waals surface area contributed by atoms with E-state index in [0.717, 1.165) is 41.6 Å². The number of aromatic nitrogens is 1. The first kappa shape index (κ1) is 15.2. The molecular formula is C18H19N3O2. The third kappa shape index (κ3) is 2.57. The molecule has 1 aromatic heterocycles. The van der Waals surface area contributed by atoms with Gasteiger partial charge in [-0.2, -0.15) is 5.26 Å². The van der Waals surface area contributed by atoms with Gasteiger partial charge in [0.15, 0.2) is 11.5 Å². The molecule has 5 nitrogen and oxygen atoms in total. The number of nitrogen functional groups attached to an aromatic ring is 1. The predicted octanol–water partition coefficient (Wildman–Crippen LogP) is 3.10. The van der Waals surface area contributed by atoms with E-state index in [1.54, 1.807) is 7.11 Å². The van der Waals surface area contributed by atoms with Crippen LogP contribution in [-0.2, 0) is 12.8 Å². The third-order valence-electron chi connectivity index (χ3n) is 4.12.